The van der Waals surface area contributed by atoms with Crippen LogP contribution >= 0.6 is 0 Å². The Morgan fingerprint density at radius 2 is 1.84 bits per heavy atom. The molecule has 3 N–H and O–H groups in total. The molecule has 1 saturated carbocycles. The van der Waals surface area contributed by atoms with E-state index in [4.69, 9.17) is 0 Å². The molecule has 0 saturated heterocycles. The molecule has 0 aliphatic heterocycles. The second-order valence-corrected chi connectivity index (χ2v) is 8.05. The van der Waals surface area contributed by atoms with Gasteiger partial charge < -0.3 is 15.7 Å². The van der Waals surface area contributed by atoms with Crippen molar-refractivity contribution in [1.29, 1.82) is 0 Å². The summed E-state index contributed by atoms with van der Waals surface area (Å²) in [4.78, 5) is 24.4. The molecular weight excluding hydrogens is 411 g/mol. The molecule has 2 amide bonds. The van der Waals surface area contributed by atoms with E-state index < -0.39 is 0 Å². The fourth-order valence-electron chi connectivity index (χ4n) is 4.08. The second kappa shape index (κ2) is 9.21. The number of amides is 2. The maximum absolute atomic E-state index is 13.1. The number of hydrogen-bond acceptors (Lipinski definition) is 4. The van der Waals surface area contributed by atoms with E-state index in [2.05, 4.69) is 15.7 Å². The third-order valence-corrected chi connectivity index (χ3v) is 5.65. The van der Waals surface area contributed by atoms with Crippen molar-refractivity contribution in [3.05, 3.63) is 65.6 Å². The zero-order chi connectivity index (χ0) is 22.7. The largest absolute Gasteiger partial charge is 0.507 e. The number of rotatable bonds is 5. The van der Waals surface area contributed by atoms with Gasteiger partial charge in [0.15, 0.2) is 0 Å². The van der Waals surface area contributed by atoms with Crippen LogP contribution in [-0.2, 0) is 11.3 Å². The van der Waals surface area contributed by atoms with Crippen LogP contribution in [0.25, 0.3) is 11.3 Å². The molecule has 0 atom stereocenters. The molecule has 0 unspecified atom stereocenters. The van der Waals surface area contributed by atoms with Crippen molar-refractivity contribution < 1.29 is 19.1 Å². The predicted molar refractivity (Wildman–Crippen MR) is 119 cm³/mol. The average molecular weight is 436 g/mol. The number of benzene rings is 2. The van der Waals surface area contributed by atoms with E-state index in [9.17, 15) is 19.1 Å². The molecule has 0 radical (unpaired) electrons. The smallest absolute Gasteiger partial charge is 0.342 e. The Morgan fingerprint density at radius 3 is 2.53 bits per heavy atom. The van der Waals surface area contributed by atoms with Gasteiger partial charge >= 0.3 is 6.03 Å². The normalized spacial score (nSPS) is 13.8. The highest BCUT2D eigenvalue weighted by molar-refractivity contribution is 5.90. The van der Waals surface area contributed by atoms with Gasteiger partial charge in [0, 0.05) is 30.6 Å². The van der Waals surface area contributed by atoms with Gasteiger partial charge in [-0.1, -0.05) is 25.0 Å². The molecule has 1 aliphatic carbocycles. The molecule has 1 aromatic heterocycles. The molecule has 32 heavy (non-hydrogen) atoms. The fourth-order valence-corrected chi connectivity index (χ4v) is 4.08. The van der Waals surface area contributed by atoms with Crippen molar-refractivity contribution in [3.8, 4) is 17.0 Å². The summed E-state index contributed by atoms with van der Waals surface area (Å²) in [7, 11) is 0. The van der Waals surface area contributed by atoms with Gasteiger partial charge in [-0.15, -0.1) is 0 Å². The van der Waals surface area contributed by atoms with Gasteiger partial charge in [0.05, 0.1) is 11.4 Å². The van der Waals surface area contributed by atoms with Crippen LogP contribution in [0.1, 0.15) is 49.8 Å². The van der Waals surface area contributed by atoms with E-state index in [1.165, 1.54) is 29.8 Å². The Bertz CT molecular complexity index is 1130. The summed E-state index contributed by atoms with van der Waals surface area (Å²) < 4.78 is 14.5. The van der Waals surface area contributed by atoms with Gasteiger partial charge in [-0.25, -0.2) is 9.18 Å². The van der Waals surface area contributed by atoms with Crippen LogP contribution in [0.2, 0.25) is 0 Å². The number of carbonyl (C=O) groups is 2. The van der Waals surface area contributed by atoms with Crippen LogP contribution in [0, 0.1) is 5.82 Å². The topological polar surface area (TPSA) is 96.2 Å². The molecule has 7 nitrogen and oxygen atoms in total. The first-order valence-corrected chi connectivity index (χ1v) is 10.6. The second-order valence-electron chi connectivity index (χ2n) is 8.05. The van der Waals surface area contributed by atoms with Crippen molar-refractivity contribution >= 4 is 17.6 Å². The molecule has 1 heterocycles. The van der Waals surface area contributed by atoms with Crippen LogP contribution in [0.15, 0.2) is 48.5 Å². The summed E-state index contributed by atoms with van der Waals surface area (Å²) >= 11 is 0. The van der Waals surface area contributed by atoms with Crippen molar-refractivity contribution in [1.82, 2.24) is 15.1 Å². The minimum atomic E-state index is -0.389. The molecule has 166 valence electrons. The SMILES string of the molecule is CC(=O)Nc1ccc(O)c(-c2cc(C3CCCC3)n(C(=O)NCc3ccc(F)cc3)n2)c1. The van der Waals surface area contributed by atoms with E-state index in [0.29, 0.717) is 16.9 Å². The lowest BCUT2D eigenvalue weighted by molar-refractivity contribution is -0.114. The molecule has 0 bridgehead atoms. The lowest BCUT2D eigenvalue weighted by Gasteiger charge is -2.12. The summed E-state index contributed by atoms with van der Waals surface area (Å²) in [5.41, 5.74) is 2.98. The van der Waals surface area contributed by atoms with Crippen LogP contribution < -0.4 is 10.6 Å². The van der Waals surface area contributed by atoms with Gasteiger partial charge in [0.1, 0.15) is 11.6 Å². The molecule has 3 aromatic rings. The van der Waals surface area contributed by atoms with E-state index in [1.807, 2.05) is 6.07 Å². The average Bonchev–Trinajstić information content (AvgIpc) is 3.44. The van der Waals surface area contributed by atoms with Crippen molar-refractivity contribution in [2.24, 2.45) is 0 Å². The third kappa shape index (κ3) is 4.80. The maximum Gasteiger partial charge on any atom is 0.342 e. The molecule has 1 fully saturated rings. The first kappa shape index (κ1) is 21.5. The summed E-state index contributed by atoms with van der Waals surface area (Å²) in [6.07, 6.45) is 4.11. The Morgan fingerprint density at radius 1 is 1.12 bits per heavy atom. The number of hydrogen-bond donors (Lipinski definition) is 3. The number of nitrogens with zero attached hydrogens (tertiary/aromatic N) is 2. The molecule has 8 heteroatoms. The van der Waals surface area contributed by atoms with Gasteiger partial charge in [0.25, 0.3) is 0 Å². The zero-order valence-corrected chi connectivity index (χ0v) is 17.8. The number of phenolic OH excluding ortho intramolecular Hbond substituents is 1. The number of nitrogens with one attached hydrogen (secondary N) is 2. The van der Waals surface area contributed by atoms with E-state index in [0.717, 1.165) is 36.9 Å². The van der Waals surface area contributed by atoms with Crippen LogP contribution in [0.3, 0.4) is 0 Å². The Kier molecular flexibility index (Phi) is 6.20. The summed E-state index contributed by atoms with van der Waals surface area (Å²) in [5.74, 6) is -0.345. The van der Waals surface area contributed by atoms with E-state index in [1.54, 1.807) is 24.3 Å². The van der Waals surface area contributed by atoms with Crippen molar-refractivity contribution in [2.75, 3.05) is 5.32 Å². The van der Waals surface area contributed by atoms with Crippen LogP contribution in [0.5, 0.6) is 5.75 Å². The first-order valence-electron chi connectivity index (χ1n) is 10.6. The summed E-state index contributed by atoms with van der Waals surface area (Å²) in [6, 6.07) is 12.1. The van der Waals surface area contributed by atoms with Gasteiger partial charge in [-0.05, 0) is 54.8 Å². The lowest BCUT2D eigenvalue weighted by Crippen LogP contribution is -2.30. The molecular formula is C24H25FN4O3. The number of phenols is 1. The van der Waals surface area contributed by atoms with Crippen LogP contribution in [-0.4, -0.2) is 26.8 Å². The third-order valence-electron chi connectivity index (χ3n) is 5.65. The van der Waals surface area contributed by atoms with Crippen molar-refractivity contribution in [2.45, 2.75) is 45.1 Å². The van der Waals surface area contributed by atoms with Gasteiger partial charge in [-0.3, -0.25) is 4.79 Å². The first-order chi connectivity index (χ1) is 15.4. The number of aromatic hydroxyl groups is 1. The van der Waals surface area contributed by atoms with Crippen LogP contribution in [0.4, 0.5) is 14.9 Å². The van der Waals surface area contributed by atoms with Gasteiger partial charge in [-0.2, -0.15) is 9.78 Å². The quantitative estimate of drug-likeness (QED) is 0.502. The van der Waals surface area contributed by atoms with E-state index in [-0.39, 0.29) is 36.0 Å². The Labute approximate surface area is 185 Å². The number of halogens is 1. The zero-order valence-electron chi connectivity index (χ0n) is 17.8. The molecule has 2 aromatic carbocycles. The highest BCUT2D eigenvalue weighted by Crippen LogP contribution is 2.38. The minimum absolute atomic E-state index is 0.00782. The lowest BCUT2D eigenvalue weighted by atomic mass is 10.0. The predicted octanol–water partition coefficient (Wildman–Crippen LogP) is 4.77. The Balaban J connectivity index is 1.64. The van der Waals surface area contributed by atoms with Gasteiger partial charge in [0.2, 0.25) is 5.91 Å². The monoisotopic (exact) mass is 436 g/mol. The molecule has 4 rings (SSSR count). The standard InChI is InChI=1S/C24H25FN4O3/c1-15(30)27-19-10-11-23(31)20(12-19)21-13-22(17-4-2-3-5-17)29(28-21)24(32)26-14-16-6-8-18(25)9-7-16/h6-13,17,31H,2-5,14H2,1H3,(H,26,32)(H,27,30). The van der Waals surface area contributed by atoms with Crippen molar-refractivity contribution in [3.63, 3.8) is 0 Å². The molecule has 0 spiro atoms. The fraction of sp³-hybridized carbons (Fsp3) is 0.292. The summed E-state index contributed by atoms with van der Waals surface area (Å²) in [5, 5.41) is 20.4. The highest BCUT2D eigenvalue weighted by atomic mass is 19.1. The molecule has 1 aliphatic rings. The maximum atomic E-state index is 13.1. The minimum Gasteiger partial charge on any atom is -0.507 e. The Hall–Kier alpha value is -3.68. The highest BCUT2D eigenvalue weighted by Gasteiger charge is 2.26. The number of aromatic nitrogens is 2. The number of anilines is 1. The summed E-state index contributed by atoms with van der Waals surface area (Å²) in [6.45, 7) is 1.65. The number of carbonyl (C=O) groups excluding carboxylic acids is 2. The van der Waals surface area contributed by atoms with E-state index >= 15 is 0 Å².